The molecule has 0 aliphatic carbocycles. The molecule has 0 aliphatic heterocycles. The van der Waals surface area contributed by atoms with E-state index in [-0.39, 0.29) is 23.8 Å². The van der Waals surface area contributed by atoms with Gasteiger partial charge in [0.25, 0.3) is 0 Å². The molecular weight excluding hydrogens is 383 g/mol. The lowest BCUT2D eigenvalue weighted by atomic mass is 10.1. The highest BCUT2D eigenvalue weighted by Gasteiger charge is 2.29. The zero-order valence-electron chi connectivity index (χ0n) is 17.1. The third-order valence-electron chi connectivity index (χ3n) is 4.51. The second kappa shape index (κ2) is 9.67. The molecule has 0 aliphatic rings. The van der Waals surface area contributed by atoms with E-state index in [9.17, 15) is 18.0 Å². The summed E-state index contributed by atoms with van der Waals surface area (Å²) < 4.78 is 47.0. The minimum Gasteiger partial charge on any atom is -0.493 e. The summed E-state index contributed by atoms with van der Waals surface area (Å²) in [6, 6.07) is 10.6. The van der Waals surface area contributed by atoms with Gasteiger partial charge in [-0.15, -0.1) is 0 Å². The van der Waals surface area contributed by atoms with E-state index in [0.717, 1.165) is 22.4 Å². The largest absolute Gasteiger partial charge is 0.493 e. The van der Waals surface area contributed by atoms with Crippen LogP contribution in [0.1, 0.15) is 30.0 Å². The van der Waals surface area contributed by atoms with Crippen molar-refractivity contribution in [1.82, 2.24) is 0 Å². The molecular formula is C22H26F3NO3. The van der Waals surface area contributed by atoms with Crippen molar-refractivity contribution >= 4 is 11.6 Å². The van der Waals surface area contributed by atoms with E-state index in [1.165, 1.54) is 13.2 Å². The molecule has 0 atom stereocenters. The number of hydrogen-bond acceptors (Lipinski definition) is 3. The van der Waals surface area contributed by atoms with Crippen LogP contribution in [-0.2, 0) is 11.2 Å². The van der Waals surface area contributed by atoms with Crippen LogP contribution in [0, 0.1) is 13.8 Å². The predicted molar refractivity (Wildman–Crippen MR) is 107 cm³/mol. The van der Waals surface area contributed by atoms with Crippen molar-refractivity contribution in [3.05, 3.63) is 53.1 Å². The van der Waals surface area contributed by atoms with Crippen molar-refractivity contribution in [2.75, 3.05) is 25.2 Å². The van der Waals surface area contributed by atoms with E-state index in [4.69, 9.17) is 9.47 Å². The maximum absolute atomic E-state index is 12.8. The molecule has 4 nitrogen and oxygen atoms in total. The van der Waals surface area contributed by atoms with Gasteiger partial charge in [-0.2, -0.15) is 13.2 Å². The molecule has 158 valence electrons. The quantitative estimate of drug-likeness (QED) is 0.599. The molecule has 2 rings (SSSR count). The summed E-state index contributed by atoms with van der Waals surface area (Å²) in [7, 11) is 1.36. The van der Waals surface area contributed by atoms with Crippen LogP contribution in [0.5, 0.6) is 11.5 Å². The van der Waals surface area contributed by atoms with Gasteiger partial charge in [0.15, 0.2) is 18.1 Å². The summed E-state index contributed by atoms with van der Waals surface area (Å²) in [5.74, 6) is 0.210. The Morgan fingerprint density at radius 3 is 2.38 bits per heavy atom. The number of carbonyl (C=O) groups excluding carboxylic acids is 1. The smallest absolute Gasteiger partial charge is 0.422 e. The van der Waals surface area contributed by atoms with E-state index in [0.29, 0.717) is 13.0 Å². The number of rotatable bonds is 8. The summed E-state index contributed by atoms with van der Waals surface area (Å²) >= 11 is 0. The van der Waals surface area contributed by atoms with Crippen molar-refractivity contribution in [1.29, 1.82) is 0 Å². The highest BCUT2D eigenvalue weighted by Crippen LogP contribution is 2.30. The van der Waals surface area contributed by atoms with E-state index < -0.39 is 12.8 Å². The predicted octanol–water partition coefficient (Wildman–Crippen LogP) is 5.24. The Kier molecular flexibility index (Phi) is 7.53. The van der Waals surface area contributed by atoms with Crippen LogP contribution in [0.2, 0.25) is 0 Å². The molecule has 2 aromatic carbocycles. The second-order valence-electron chi connectivity index (χ2n) is 6.82. The van der Waals surface area contributed by atoms with Gasteiger partial charge in [-0.05, 0) is 56.5 Å². The van der Waals surface area contributed by atoms with Crippen LogP contribution < -0.4 is 14.4 Å². The molecule has 0 unspecified atom stereocenters. The molecule has 0 saturated carbocycles. The number of aryl methyl sites for hydroxylation is 3. The first-order valence-electron chi connectivity index (χ1n) is 9.38. The fraction of sp³-hybridized carbons (Fsp3) is 0.409. The van der Waals surface area contributed by atoms with Crippen LogP contribution in [0.15, 0.2) is 36.4 Å². The van der Waals surface area contributed by atoms with Gasteiger partial charge in [0.2, 0.25) is 5.91 Å². The zero-order chi connectivity index (χ0) is 21.6. The Labute approximate surface area is 169 Å². The molecule has 1 amide bonds. The van der Waals surface area contributed by atoms with E-state index in [1.807, 2.05) is 39.0 Å². The van der Waals surface area contributed by atoms with Gasteiger partial charge in [0, 0.05) is 18.7 Å². The van der Waals surface area contributed by atoms with Gasteiger partial charge in [-0.3, -0.25) is 4.79 Å². The van der Waals surface area contributed by atoms with Crippen LogP contribution in [0.3, 0.4) is 0 Å². The lowest BCUT2D eigenvalue weighted by molar-refractivity contribution is -0.153. The molecule has 0 aromatic heterocycles. The van der Waals surface area contributed by atoms with Crippen molar-refractivity contribution in [3.63, 3.8) is 0 Å². The van der Waals surface area contributed by atoms with Crippen LogP contribution in [-0.4, -0.2) is 32.3 Å². The number of hydrogen-bond donors (Lipinski definition) is 0. The minimum atomic E-state index is -4.42. The fourth-order valence-electron chi connectivity index (χ4n) is 3.12. The second-order valence-corrected chi connectivity index (χ2v) is 6.82. The van der Waals surface area contributed by atoms with Crippen molar-refractivity contribution in [2.24, 2.45) is 0 Å². The van der Waals surface area contributed by atoms with Crippen molar-refractivity contribution in [3.8, 4) is 11.5 Å². The van der Waals surface area contributed by atoms with Gasteiger partial charge in [-0.25, -0.2) is 0 Å². The number of amides is 1. The maximum atomic E-state index is 12.8. The number of nitrogens with zero attached hydrogens (tertiary/aromatic N) is 1. The van der Waals surface area contributed by atoms with Gasteiger partial charge in [-0.1, -0.05) is 23.8 Å². The molecule has 0 spiro atoms. The van der Waals surface area contributed by atoms with Crippen LogP contribution in [0.4, 0.5) is 18.9 Å². The molecule has 0 fully saturated rings. The summed E-state index contributed by atoms with van der Waals surface area (Å²) in [6.07, 6.45) is -3.71. The highest BCUT2D eigenvalue weighted by molar-refractivity contribution is 5.94. The van der Waals surface area contributed by atoms with Crippen molar-refractivity contribution < 1.29 is 27.4 Å². The first-order valence-corrected chi connectivity index (χ1v) is 9.38. The topological polar surface area (TPSA) is 38.8 Å². The van der Waals surface area contributed by atoms with Gasteiger partial charge in [0.05, 0.1) is 7.11 Å². The molecule has 2 aromatic rings. The molecule has 0 N–H and O–H groups in total. The normalized spacial score (nSPS) is 11.3. The average molecular weight is 409 g/mol. The molecule has 29 heavy (non-hydrogen) atoms. The monoisotopic (exact) mass is 409 g/mol. The summed E-state index contributed by atoms with van der Waals surface area (Å²) in [6.45, 7) is 5.07. The first-order chi connectivity index (χ1) is 13.6. The Morgan fingerprint density at radius 2 is 1.79 bits per heavy atom. The lowest BCUT2D eigenvalue weighted by Crippen LogP contribution is -2.31. The average Bonchev–Trinajstić information content (AvgIpc) is 2.66. The van der Waals surface area contributed by atoms with Gasteiger partial charge < -0.3 is 14.4 Å². The van der Waals surface area contributed by atoms with E-state index >= 15 is 0 Å². The van der Waals surface area contributed by atoms with Gasteiger partial charge >= 0.3 is 6.18 Å². The van der Waals surface area contributed by atoms with E-state index in [2.05, 4.69) is 0 Å². The van der Waals surface area contributed by atoms with Crippen LogP contribution in [0.25, 0.3) is 0 Å². The molecule has 7 heteroatoms. The first kappa shape index (κ1) is 22.6. The fourth-order valence-corrected chi connectivity index (χ4v) is 3.12. The zero-order valence-corrected chi connectivity index (χ0v) is 17.1. The van der Waals surface area contributed by atoms with E-state index in [1.54, 1.807) is 17.0 Å². The minimum absolute atomic E-state index is 0.0178. The summed E-state index contributed by atoms with van der Waals surface area (Å²) in [5.41, 5.74) is 3.84. The molecule has 0 bridgehead atoms. The number of benzene rings is 2. The maximum Gasteiger partial charge on any atom is 0.422 e. The SMILES string of the molecule is CCN(C(=O)CCc1ccc(OCC(F)(F)F)c(OC)c1)c1ccc(C)cc1C. The van der Waals surface area contributed by atoms with Crippen LogP contribution >= 0.6 is 0 Å². The Bertz CT molecular complexity index is 850. The Balaban J connectivity index is 2.06. The number of carbonyl (C=O) groups is 1. The van der Waals surface area contributed by atoms with Crippen molar-refractivity contribution in [2.45, 2.75) is 39.8 Å². The molecule has 0 heterocycles. The third kappa shape index (κ3) is 6.41. The molecule has 0 saturated heterocycles. The number of ether oxygens (including phenoxy) is 2. The molecule has 0 radical (unpaired) electrons. The van der Waals surface area contributed by atoms with Gasteiger partial charge in [0.1, 0.15) is 0 Å². The standard InChI is InChI=1S/C22H26F3NO3/c1-5-26(18-9-6-15(2)12-16(18)3)21(27)11-8-17-7-10-19(20(13-17)28-4)29-14-22(23,24)25/h6-7,9-10,12-13H,5,8,11,14H2,1-4H3. The number of methoxy groups -OCH3 is 1. The summed E-state index contributed by atoms with van der Waals surface area (Å²) in [4.78, 5) is 14.5. The number of anilines is 1. The Morgan fingerprint density at radius 1 is 1.07 bits per heavy atom. The number of alkyl halides is 3. The number of halogens is 3. The highest BCUT2D eigenvalue weighted by atomic mass is 19.4. The Hall–Kier alpha value is -2.70. The summed E-state index contributed by atoms with van der Waals surface area (Å²) in [5, 5.41) is 0. The lowest BCUT2D eigenvalue weighted by Gasteiger charge is -2.23. The third-order valence-corrected chi connectivity index (χ3v) is 4.51.